The molecule has 3 nitrogen and oxygen atoms in total. The van der Waals surface area contributed by atoms with E-state index in [9.17, 15) is 0 Å². The van der Waals surface area contributed by atoms with Crippen molar-refractivity contribution in [3.63, 3.8) is 0 Å². The van der Waals surface area contributed by atoms with Crippen LogP contribution in [0.1, 0.15) is 44.9 Å². The molecule has 0 amide bonds. The molecular weight excluding hydrogens is 234 g/mol. The summed E-state index contributed by atoms with van der Waals surface area (Å²) in [4.78, 5) is 0. The second-order valence-electron chi connectivity index (χ2n) is 5.67. The summed E-state index contributed by atoms with van der Waals surface area (Å²) in [7, 11) is 0. The lowest BCUT2D eigenvalue weighted by Gasteiger charge is -2.16. The zero-order valence-corrected chi connectivity index (χ0v) is 11.9. The van der Waals surface area contributed by atoms with E-state index >= 15 is 0 Å². The molecule has 0 bridgehead atoms. The first kappa shape index (κ1) is 13.4. The molecule has 0 saturated carbocycles. The highest BCUT2D eigenvalue weighted by Crippen LogP contribution is 2.29. The van der Waals surface area contributed by atoms with Crippen LogP contribution in [-0.4, -0.2) is 10.2 Å². The summed E-state index contributed by atoms with van der Waals surface area (Å²) in [6.45, 7) is 8.15. The van der Waals surface area contributed by atoms with E-state index in [1.165, 1.54) is 0 Å². The quantitative estimate of drug-likeness (QED) is 0.898. The third-order valence-corrected chi connectivity index (χ3v) is 3.44. The van der Waals surface area contributed by atoms with Gasteiger partial charge in [0.05, 0.1) is 17.7 Å². The Labute approximate surface area is 114 Å². The molecule has 0 fully saturated rings. The number of nitrogens with zero attached hydrogens (tertiary/aromatic N) is 2. The lowest BCUT2D eigenvalue weighted by atomic mass is 9.85. The molecule has 3 heteroatoms. The number of aromatic amines is 1. The number of rotatable bonds is 3. The second-order valence-corrected chi connectivity index (χ2v) is 5.67. The van der Waals surface area contributed by atoms with Gasteiger partial charge in [0.25, 0.3) is 0 Å². The van der Waals surface area contributed by atoms with Crippen LogP contribution in [-0.2, 0) is 5.41 Å². The van der Waals surface area contributed by atoms with E-state index in [1.54, 1.807) is 0 Å². The Hall–Kier alpha value is -2.08. The van der Waals surface area contributed by atoms with E-state index in [0.717, 1.165) is 22.4 Å². The van der Waals surface area contributed by atoms with E-state index in [4.69, 9.17) is 5.26 Å². The Bertz CT molecular complexity index is 598. The summed E-state index contributed by atoms with van der Waals surface area (Å²) in [5.74, 6) is 0.410. The van der Waals surface area contributed by atoms with Crippen molar-refractivity contribution in [3.8, 4) is 17.2 Å². The minimum atomic E-state index is -0.449. The van der Waals surface area contributed by atoms with E-state index in [2.05, 4.69) is 42.2 Å². The number of nitriles is 1. The number of hydrogen-bond donors (Lipinski definition) is 1. The maximum atomic E-state index is 9.15. The van der Waals surface area contributed by atoms with Crippen molar-refractivity contribution >= 4 is 0 Å². The van der Waals surface area contributed by atoms with Crippen LogP contribution in [0.5, 0.6) is 0 Å². The van der Waals surface area contributed by atoms with Gasteiger partial charge < -0.3 is 0 Å². The van der Waals surface area contributed by atoms with Gasteiger partial charge in [0.1, 0.15) is 0 Å². The SMILES string of the molecule is CC(C)c1[nH]ncc1-c1ccc(C(C)(C)C#N)cc1. The Morgan fingerprint density at radius 2 is 1.84 bits per heavy atom. The molecule has 2 aromatic rings. The lowest BCUT2D eigenvalue weighted by Crippen LogP contribution is -2.13. The van der Waals surface area contributed by atoms with Crippen molar-refractivity contribution in [2.75, 3.05) is 0 Å². The molecule has 0 aliphatic heterocycles. The molecule has 19 heavy (non-hydrogen) atoms. The third-order valence-electron chi connectivity index (χ3n) is 3.44. The van der Waals surface area contributed by atoms with Crippen molar-refractivity contribution in [1.29, 1.82) is 5.26 Å². The average molecular weight is 253 g/mol. The van der Waals surface area contributed by atoms with E-state index in [0.29, 0.717) is 5.92 Å². The highest BCUT2D eigenvalue weighted by molar-refractivity contribution is 5.66. The van der Waals surface area contributed by atoms with Crippen LogP contribution in [0.15, 0.2) is 30.5 Å². The first-order chi connectivity index (χ1) is 8.95. The van der Waals surface area contributed by atoms with Gasteiger partial charge in [0, 0.05) is 11.3 Å². The smallest absolute Gasteiger partial charge is 0.0766 e. The number of benzene rings is 1. The van der Waals surface area contributed by atoms with Gasteiger partial charge in [-0.3, -0.25) is 5.10 Å². The van der Waals surface area contributed by atoms with Gasteiger partial charge >= 0.3 is 0 Å². The summed E-state index contributed by atoms with van der Waals surface area (Å²) in [5.41, 5.74) is 4.00. The van der Waals surface area contributed by atoms with Crippen LogP contribution < -0.4 is 0 Å². The molecule has 98 valence electrons. The largest absolute Gasteiger partial charge is 0.282 e. The second kappa shape index (κ2) is 4.89. The van der Waals surface area contributed by atoms with Gasteiger partial charge in [-0.05, 0) is 30.9 Å². The fraction of sp³-hybridized carbons (Fsp3) is 0.375. The molecule has 0 spiro atoms. The molecule has 0 aliphatic carbocycles. The monoisotopic (exact) mass is 253 g/mol. The van der Waals surface area contributed by atoms with Gasteiger partial charge in [0.15, 0.2) is 0 Å². The molecule has 0 atom stereocenters. The topological polar surface area (TPSA) is 52.5 Å². The Morgan fingerprint density at radius 1 is 1.21 bits per heavy atom. The predicted octanol–water partition coefficient (Wildman–Crippen LogP) is 4.00. The lowest BCUT2D eigenvalue weighted by molar-refractivity contribution is 0.687. The molecule has 1 N–H and O–H groups in total. The summed E-state index contributed by atoms with van der Waals surface area (Å²) in [6, 6.07) is 10.5. The molecule has 2 rings (SSSR count). The molecule has 1 aromatic heterocycles. The van der Waals surface area contributed by atoms with Gasteiger partial charge in [-0.2, -0.15) is 10.4 Å². The molecule has 0 saturated heterocycles. The Morgan fingerprint density at radius 3 is 2.37 bits per heavy atom. The molecule has 1 heterocycles. The normalized spacial score (nSPS) is 11.6. The van der Waals surface area contributed by atoms with E-state index < -0.39 is 5.41 Å². The maximum absolute atomic E-state index is 9.15. The summed E-state index contributed by atoms with van der Waals surface area (Å²) in [5, 5.41) is 16.3. The predicted molar refractivity (Wildman–Crippen MR) is 76.8 cm³/mol. The molecule has 0 unspecified atom stereocenters. The standard InChI is InChI=1S/C16H19N3/c1-11(2)15-14(9-18-19-15)12-5-7-13(8-6-12)16(3,4)10-17/h5-9,11H,1-4H3,(H,18,19). The van der Waals surface area contributed by atoms with Gasteiger partial charge in [-0.15, -0.1) is 0 Å². The van der Waals surface area contributed by atoms with Crippen LogP contribution in [0, 0.1) is 11.3 Å². The molecule has 0 radical (unpaired) electrons. The summed E-state index contributed by atoms with van der Waals surface area (Å²) >= 11 is 0. The zero-order valence-electron chi connectivity index (χ0n) is 11.9. The van der Waals surface area contributed by atoms with Crippen molar-refractivity contribution in [3.05, 3.63) is 41.7 Å². The summed E-state index contributed by atoms with van der Waals surface area (Å²) < 4.78 is 0. The van der Waals surface area contributed by atoms with E-state index in [1.807, 2.05) is 32.2 Å². The highest BCUT2D eigenvalue weighted by atomic mass is 15.1. The van der Waals surface area contributed by atoms with Crippen LogP contribution in [0.25, 0.3) is 11.1 Å². The average Bonchev–Trinajstić information content (AvgIpc) is 2.88. The number of nitrogens with one attached hydrogen (secondary N) is 1. The van der Waals surface area contributed by atoms with Crippen LogP contribution >= 0.6 is 0 Å². The molecule has 0 aliphatic rings. The Balaban J connectivity index is 2.39. The highest BCUT2D eigenvalue weighted by Gasteiger charge is 2.19. The van der Waals surface area contributed by atoms with Crippen LogP contribution in [0.4, 0.5) is 0 Å². The van der Waals surface area contributed by atoms with Crippen molar-refractivity contribution < 1.29 is 0 Å². The molecular formula is C16H19N3. The van der Waals surface area contributed by atoms with Crippen LogP contribution in [0.3, 0.4) is 0 Å². The summed E-state index contributed by atoms with van der Waals surface area (Å²) in [6.07, 6.45) is 1.86. The first-order valence-corrected chi connectivity index (χ1v) is 6.51. The Kier molecular flexibility index (Phi) is 3.44. The van der Waals surface area contributed by atoms with Crippen molar-refractivity contribution in [2.24, 2.45) is 0 Å². The fourth-order valence-electron chi connectivity index (χ4n) is 2.10. The zero-order chi connectivity index (χ0) is 14.0. The fourth-order valence-corrected chi connectivity index (χ4v) is 2.10. The van der Waals surface area contributed by atoms with Crippen molar-refractivity contribution in [2.45, 2.75) is 39.0 Å². The van der Waals surface area contributed by atoms with Gasteiger partial charge in [0.2, 0.25) is 0 Å². The third kappa shape index (κ3) is 2.53. The molecule has 1 aromatic carbocycles. The van der Waals surface area contributed by atoms with E-state index in [-0.39, 0.29) is 0 Å². The van der Waals surface area contributed by atoms with Crippen LogP contribution in [0.2, 0.25) is 0 Å². The van der Waals surface area contributed by atoms with Gasteiger partial charge in [-0.25, -0.2) is 0 Å². The van der Waals surface area contributed by atoms with Crippen molar-refractivity contribution in [1.82, 2.24) is 10.2 Å². The minimum Gasteiger partial charge on any atom is -0.282 e. The maximum Gasteiger partial charge on any atom is 0.0766 e. The van der Waals surface area contributed by atoms with Gasteiger partial charge in [-0.1, -0.05) is 38.1 Å². The minimum absolute atomic E-state index is 0.410. The first-order valence-electron chi connectivity index (χ1n) is 6.51. The number of hydrogen-bond acceptors (Lipinski definition) is 2. The number of H-pyrrole nitrogens is 1. The number of aromatic nitrogens is 2.